The molecular formula is C19H17N3O3. The number of pyridine rings is 1. The first kappa shape index (κ1) is 14.3. The average Bonchev–Trinajstić information content (AvgIpc) is 3.32. The van der Waals surface area contributed by atoms with E-state index in [0.29, 0.717) is 13.2 Å². The van der Waals surface area contributed by atoms with Gasteiger partial charge in [0.25, 0.3) is 0 Å². The van der Waals surface area contributed by atoms with Gasteiger partial charge in [0.1, 0.15) is 24.7 Å². The number of carbonyl (C=O) groups excluding carboxylic acids is 1. The minimum Gasteiger partial charge on any atom is -0.486 e. The highest BCUT2D eigenvalue weighted by molar-refractivity contribution is 6.01. The molecule has 0 unspecified atom stereocenters. The molecule has 2 aromatic heterocycles. The van der Waals surface area contributed by atoms with Crippen LogP contribution in [0.15, 0.2) is 48.8 Å². The number of fused-ring (bicyclic) bond motifs is 2. The topological polar surface area (TPSA) is 64.9 Å². The van der Waals surface area contributed by atoms with Gasteiger partial charge in [-0.15, -0.1) is 0 Å². The lowest BCUT2D eigenvalue weighted by atomic mass is 9.94. The van der Waals surface area contributed by atoms with Gasteiger partial charge in [-0.3, -0.25) is 9.20 Å². The molecule has 1 aliphatic heterocycles. The molecule has 6 nitrogen and oxygen atoms in total. The molecule has 0 radical (unpaired) electrons. The Balaban J connectivity index is 1.46. The molecule has 3 aromatic rings. The highest BCUT2D eigenvalue weighted by Crippen LogP contribution is 2.50. The van der Waals surface area contributed by atoms with Crippen LogP contribution in [0, 0.1) is 0 Å². The van der Waals surface area contributed by atoms with Crippen molar-refractivity contribution < 1.29 is 14.3 Å². The van der Waals surface area contributed by atoms with Crippen LogP contribution in [0.25, 0.3) is 5.65 Å². The van der Waals surface area contributed by atoms with E-state index in [2.05, 4.69) is 10.3 Å². The fraction of sp³-hybridized carbons (Fsp3) is 0.263. The second-order valence-corrected chi connectivity index (χ2v) is 6.46. The van der Waals surface area contributed by atoms with Crippen LogP contribution in [0.1, 0.15) is 18.4 Å². The van der Waals surface area contributed by atoms with Gasteiger partial charge in [0.2, 0.25) is 5.91 Å². The van der Waals surface area contributed by atoms with Gasteiger partial charge in [-0.25, -0.2) is 4.98 Å². The maximum atomic E-state index is 13.0. The zero-order valence-electron chi connectivity index (χ0n) is 13.6. The molecule has 3 heterocycles. The van der Waals surface area contributed by atoms with Crippen LogP contribution in [0.4, 0.5) is 5.82 Å². The summed E-state index contributed by atoms with van der Waals surface area (Å²) in [6.45, 7) is 1.10. The SMILES string of the molecule is O=C(Nc1cccc2nccn12)C1(c2ccc3c(c2)OCCO3)CC1. The molecule has 1 aliphatic carbocycles. The fourth-order valence-corrected chi connectivity index (χ4v) is 3.40. The number of hydrogen-bond acceptors (Lipinski definition) is 4. The standard InChI is InChI=1S/C19H17N3O3/c23-18(21-17-3-1-2-16-20-8-9-22(16)17)19(6-7-19)13-4-5-14-15(12-13)25-11-10-24-14/h1-5,8-9,12H,6-7,10-11H2,(H,21,23). The molecule has 126 valence electrons. The zero-order valence-corrected chi connectivity index (χ0v) is 13.6. The number of amides is 1. The number of carbonyl (C=O) groups is 1. The van der Waals surface area contributed by atoms with Crippen LogP contribution < -0.4 is 14.8 Å². The lowest BCUT2D eigenvalue weighted by Gasteiger charge is -2.21. The second-order valence-electron chi connectivity index (χ2n) is 6.46. The van der Waals surface area contributed by atoms with Crippen molar-refractivity contribution in [3.05, 3.63) is 54.4 Å². The molecule has 0 saturated heterocycles. The molecule has 1 fully saturated rings. The van der Waals surface area contributed by atoms with Crippen molar-refractivity contribution in [1.82, 2.24) is 9.38 Å². The van der Waals surface area contributed by atoms with Crippen LogP contribution in [0.2, 0.25) is 0 Å². The normalized spacial score (nSPS) is 17.3. The van der Waals surface area contributed by atoms with Crippen molar-refractivity contribution in [3.8, 4) is 11.5 Å². The smallest absolute Gasteiger partial charge is 0.236 e. The highest BCUT2D eigenvalue weighted by atomic mass is 16.6. The van der Waals surface area contributed by atoms with E-state index < -0.39 is 5.41 Å². The molecule has 6 heteroatoms. The quantitative estimate of drug-likeness (QED) is 0.799. The van der Waals surface area contributed by atoms with Crippen molar-refractivity contribution >= 4 is 17.4 Å². The average molecular weight is 335 g/mol. The summed E-state index contributed by atoms with van der Waals surface area (Å²) in [5, 5.41) is 3.06. The molecule has 5 rings (SSSR count). The maximum absolute atomic E-state index is 13.0. The van der Waals surface area contributed by atoms with Gasteiger partial charge in [-0.05, 0) is 42.7 Å². The molecule has 1 saturated carbocycles. The number of imidazole rings is 1. The second kappa shape index (κ2) is 5.24. The molecule has 25 heavy (non-hydrogen) atoms. The lowest BCUT2D eigenvalue weighted by molar-refractivity contribution is -0.118. The van der Waals surface area contributed by atoms with Crippen molar-refractivity contribution in [2.24, 2.45) is 0 Å². The summed E-state index contributed by atoms with van der Waals surface area (Å²) in [5.41, 5.74) is 1.30. The largest absolute Gasteiger partial charge is 0.486 e. The van der Waals surface area contributed by atoms with Crippen LogP contribution in [-0.2, 0) is 10.2 Å². The molecule has 0 spiro atoms. The zero-order chi connectivity index (χ0) is 16.9. The Hall–Kier alpha value is -3.02. The first-order valence-corrected chi connectivity index (χ1v) is 8.40. The van der Waals surface area contributed by atoms with Crippen LogP contribution in [0.5, 0.6) is 11.5 Å². The van der Waals surface area contributed by atoms with Crippen molar-refractivity contribution in [2.75, 3.05) is 18.5 Å². The fourth-order valence-electron chi connectivity index (χ4n) is 3.40. The van der Waals surface area contributed by atoms with Gasteiger partial charge in [0.05, 0.1) is 5.41 Å². The minimum atomic E-state index is -0.488. The summed E-state index contributed by atoms with van der Waals surface area (Å²) < 4.78 is 13.1. The van der Waals surface area contributed by atoms with Crippen LogP contribution in [-0.4, -0.2) is 28.5 Å². The monoisotopic (exact) mass is 335 g/mol. The predicted octanol–water partition coefficient (Wildman–Crippen LogP) is 2.78. The molecule has 1 aromatic carbocycles. The number of aromatic nitrogens is 2. The number of nitrogens with one attached hydrogen (secondary N) is 1. The minimum absolute atomic E-state index is 0.00498. The Labute approximate surface area is 144 Å². The van der Waals surface area contributed by atoms with Crippen molar-refractivity contribution in [2.45, 2.75) is 18.3 Å². The summed E-state index contributed by atoms with van der Waals surface area (Å²) >= 11 is 0. The van der Waals surface area contributed by atoms with Gasteiger partial charge in [-0.2, -0.15) is 0 Å². The third-order valence-electron chi connectivity index (χ3n) is 4.95. The van der Waals surface area contributed by atoms with Crippen LogP contribution >= 0.6 is 0 Å². The number of ether oxygens (including phenoxy) is 2. The van der Waals surface area contributed by atoms with Crippen LogP contribution in [0.3, 0.4) is 0 Å². The maximum Gasteiger partial charge on any atom is 0.236 e. The number of rotatable bonds is 3. The summed E-state index contributed by atoms with van der Waals surface area (Å²) in [4.78, 5) is 17.3. The van der Waals surface area contributed by atoms with E-state index in [1.807, 2.05) is 47.0 Å². The van der Waals surface area contributed by atoms with E-state index in [0.717, 1.165) is 41.4 Å². The van der Waals surface area contributed by atoms with E-state index in [4.69, 9.17) is 9.47 Å². The summed E-state index contributed by atoms with van der Waals surface area (Å²) in [6.07, 6.45) is 5.23. The molecule has 2 aliphatic rings. The van der Waals surface area contributed by atoms with Gasteiger partial charge in [0, 0.05) is 12.4 Å². The number of hydrogen-bond donors (Lipinski definition) is 1. The van der Waals surface area contributed by atoms with E-state index >= 15 is 0 Å². The molecule has 0 bridgehead atoms. The Morgan fingerprint density at radius 2 is 1.96 bits per heavy atom. The van der Waals surface area contributed by atoms with E-state index in [1.54, 1.807) is 6.20 Å². The van der Waals surface area contributed by atoms with Crippen molar-refractivity contribution in [3.63, 3.8) is 0 Å². The predicted molar refractivity (Wildman–Crippen MR) is 92.2 cm³/mol. The van der Waals surface area contributed by atoms with Gasteiger partial charge >= 0.3 is 0 Å². The Bertz CT molecular complexity index is 975. The Morgan fingerprint density at radius 1 is 1.12 bits per heavy atom. The van der Waals surface area contributed by atoms with E-state index in [9.17, 15) is 4.79 Å². The highest BCUT2D eigenvalue weighted by Gasteiger charge is 2.51. The van der Waals surface area contributed by atoms with Gasteiger partial charge < -0.3 is 14.8 Å². The van der Waals surface area contributed by atoms with Gasteiger partial charge in [0.15, 0.2) is 11.5 Å². The summed E-state index contributed by atoms with van der Waals surface area (Å²) in [5.74, 6) is 2.20. The lowest BCUT2D eigenvalue weighted by Crippen LogP contribution is -2.29. The third kappa shape index (κ3) is 2.25. The Morgan fingerprint density at radius 3 is 2.80 bits per heavy atom. The molecule has 0 atom stereocenters. The third-order valence-corrected chi connectivity index (χ3v) is 4.95. The Kier molecular flexibility index (Phi) is 3.00. The first-order chi connectivity index (χ1) is 12.3. The first-order valence-electron chi connectivity index (χ1n) is 8.40. The number of nitrogens with zero attached hydrogens (tertiary/aromatic N) is 2. The van der Waals surface area contributed by atoms with E-state index in [1.165, 1.54) is 0 Å². The van der Waals surface area contributed by atoms with Gasteiger partial charge in [-0.1, -0.05) is 12.1 Å². The molecule has 1 N–H and O–H groups in total. The molecular weight excluding hydrogens is 318 g/mol. The number of anilines is 1. The van der Waals surface area contributed by atoms with E-state index in [-0.39, 0.29) is 5.91 Å². The van der Waals surface area contributed by atoms with Crippen molar-refractivity contribution in [1.29, 1.82) is 0 Å². The summed E-state index contributed by atoms with van der Waals surface area (Å²) in [6, 6.07) is 11.5. The number of benzene rings is 1. The summed E-state index contributed by atoms with van der Waals surface area (Å²) in [7, 11) is 0. The molecule has 1 amide bonds.